The van der Waals surface area contributed by atoms with Gasteiger partial charge in [0.2, 0.25) is 5.91 Å². The second-order valence-corrected chi connectivity index (χ2v) is 4.75. The Hall–Kier alpha value is -0.530. The zero-order valence-electron chi connectivity index (χ0n) is 9.02. The minimum atomic E-state index is 0.225. The van der Waals surface area contributed by atoms with Gasteiger partial charge in [0, 0.05) is 12.5 Å². The van der Waals surface area contributed by atoms with Gasteiger partial charge in [0.1, 0.15) is 0 Å². The molecule has 1 rings (SSSR count). The normalized spacial score (nSPS) is 25.9. The molecule has 1 amide bonds. The number of nitrogens with one attached hydrogen (secondary N) is 1. The topological polar surface area (TPSA) is 29.1 Å². The van der Waals surface area contributed by atoms with Crippen molar-refractivity contribution < 1.29 is 4.79 Å². The maximum atomic E-state index is 11.4. The zero-order valence-corrected chi connectivity index (χ0v) is 9.02. The van der Waals surface area contributed by atoms with E-state index in [1.54, 1.807) is 0 Å². The summed E-state index contributed by atoms with van der Waals surface area (Å²) in [5.41, 5.74) is 0.309. The molecule has 2 nitrogen and oxygen atoms in total. The highest BCUT2D eigenvalue weighted by molar-refractivity contribution is 5.76. The molecule has 1 fully saturated rings. The summed E-state index contributed by atoms with van der Waals surface area (Å²) in [7, 11) is 0. The molecule has 1 aliphatic carbocycles. The number of hydrogen-bond donors (Lipinski definition) is 1. The van der Waals surface area contributed by atoms with Crippen molar-refractivity contribution in [3.63, 3.8) is 0 Å². The summed E-state index contributed by atoms with van der Waals surface area (Å²) in [5.74, 6) is 0.225. The summed E-state index contributed by atoms with van der Waals surface area (Å²) in [4.78, 5) is 11.4. The maximum absolute atomic E-state index is 11.4. The van der Waals surface area contributed by atoms with Crippen molar-refractivity contribution in [1.82, 2.24) is 5.32 Å². The molecule has 1 saturated carbocycles. The Labute approximate surface area is 81.1 Å². The van der Waals surface area contributed by atoms with Crippen LogP contribution in [0.2, 0.25) is 0 Å². The molecule has 0 heterocycles. The summed E-state index contributed by atoms with van der Waals surface area (Å²) < 4.78 is 0. The summed E-state index contributed by atoms with van der Waals surface area (Å²) in [6.07, 6.45) is 5.27. The average Bonchev–Trinajstić information content (AvgIpc) is 2.31. The van der Waals surface area contributed by atoms with Gasteiger partial charge in [0.25, 0.3) is 0 Å². The van der Waals surface area contributed by atoms with E-state index in [4.69, 9.17) is 0 Å². The monoisotopic (exact) mass is 183 g/mol. The quantitative estimate of drug-likeness (QED) is 0.715. The molecule has 2 heteroatoms. The second kappa shape index (κ2) is 4.12. The lowest BCUT2D eigenvalue weighted by molar-refractivity contribution is -0.122. The van der Waals surface area contributed by atoms with Gasteiger partial charge >= 0.3 is 0 Å². The van der Waals surface area contributed by atoms with Gasteiger partial charge in [-0.3, -0.25) is 4.79 Å². The largest absolute Gasteiger partial charge is 0.353 e. The Balaban J connectivity index is 2.40. The first kappa shape index (κ1) is 10.6. The number of rotatable bonds is 3. The molecule has 1 aliphatic rings. The van der Waals surface area contributed by atoms with Gasteiger partial charge in [-0.1, -0.05) is 27.2 Å². The molecular formula is C11H21NO. The van der Waals surface area contributed by atoms with Gasteiger partial charge in [0.15, 0.2) is 0 Å². The predicted molar refractivity (Wildman–Crippen MR) is 54.5 cm³/mol. The van der Waals surface area contributed by atoms with Crippen molar-refractivity contribution in [3.8, 4) is 0 Å². The Morgan fingerprint density at radius 1 is 1.54 bits per heavy atom. The van der Waals surface area contributed by atoms with E-state index < -0.39 is 0 Å². The van der Waals surface area contributed by atoms with E-state index in [9.17, 15) is 4.79 Å². The molecule has 1 unspecified atom stereocenters. The Morgan fingerprint density at radius 3 is 2.69 bits per heavy atom. The summed E-state index contributed by atoms with van der Waals surface area (Å²) in [6.45, 7) is 6.53. The van der Waals surface area contributed by atoms with E-state index >= 15 is 0 Å². The van der Waals surface area contributed by atoms with Crippen molar-refractivity contribution in [3.05, 3.63) is 0 Å². The highest BCUT2D eigenvalue weighted by Gasteiger charge is 2.34. The Bertz CT molecular complexity index is 187. The predicted octanol–water partition coefficient (Wildman–Crippen LogP) is 2.48. The van der Waals surface area contributed by atoms with Crippen LogP contribution in [0.15, 0.2) is 0 Å². The average molecular weight is 183 g/mol. The molecule has 0 saturated heterocycles. The van der Waals surface area contributed by atoms with Crippen molar-refractivity contribution in [2.75, 3.05) is 0 Å². The van der Waals surface area contributed by atoms with E-state index in [1.165, 1.54) is 12.8 Å². The fraction of sp³-hybridized carbons (Fsp3) is 0.909. The zero-order chi connectivity index (χ0) is 9.90. The van der Waals surface area contributed by atoms with E-state index in [1.807, 2.05) is 6.92 Å². The van der Waals surface area contributed by atoms with Crippen molar-refractivity contribution >= 4 is 5.91 Å². The summed E-state index contributed by atoms with van der Waals surface area (Å²) in [5, 5.41) is 3.13. The van der Waals surface area contributed by atoms with Gasteiger partial charge < -0.3 is 5.32 Å². The summed E-state index contributed by atoms with van der Waals surface area (Å²) >= 11 is 0. The standard InChI is InChI=1S/C11H21NO/c1-4-6-10(13)12-9-7-5-8-11(9,2)3/h9H,4-8H2,1-3H3,(H,12,13). The lowest BCUT2D eigenvalue weighted by Gasteiger charge is -2.27. The fourth-order valence-corrected chi connectivity index (χ4v) is 2.09. The van der Waals surface area contributed by atoms with Crippen LogP contribution in [0.25, 0.3) is 0 Å². The number of hydrogen-bond acceptors (Lipinski definition) is 1. The molecule has 76 valence electrons. The maximum Gasteiger partial charge on any atom is 0.220 e. The van der Waals surface area contributed by atoms with Crippen molar-refractivity contribution in [2.45, 2.75) is 58.9 Å². The molecular weight excluding hydrogens is 162 g/mol. The lowest BCUT2D eigenvalue weighted by atomic mass is 9.87. The third-order valence-corrected chi connectivity index (χ3v) is 3.07. The molecule has 0 aromatic carbocycles. The number of carbonyl (C=O) groups is 1. The molecule has 0 bridgehead atoms. The third-order valence-electron chi connectivity index (χ3n) is 3.07. The first-order chi connectivity index (χ1) is 6.06. The van der Waals surface area contributed by atoms with Crippen LogP contribution in [-0.2, 0) is 4.79 Å². The minimum Gasteiger partial charge on any atom is -0.353 e. The van der Waals surface area contributed by atoms with Gasteiger partial charge in [-0.05, 0) is 24.7 Å². The van der Waals surface area contributed by atoms with Gasteiger partial charge in [-0.15, -0.1) is 0 Å². The van der Waals surface area contributed by atoms with Crippen LogP contribution >= 0.6 is 0 Å². The van der Waals surface area contributed by atoms with Crippen molar-refractivity contribution in [1.29, 1.82) is 0 Å². The van der Waals surface area contributed by atoms with E-state index in [0.717, 1.165) is 12.8 Å². The van der Waals surface area contributed by atoms with Gasteiger partial charge in [-0.2, -0.15) is 0 Å². The molecule has 0 aromatic rings. The van der Waals surface area contributed by atoms with E-state index in [2.05, 4.69) is 19.2 Å². The first-order valence-electron chi connectivity index (χ1n) is 5.35. The lowest BCUT2D eigenvalue weighted by Crippen LogP contribution is -2.41. The van der Waals surface area contributed by atoms with Crippen LogP contribution in [0, 0.1) is 5.41 Å². The van der Waals surface area contributed by atoms with Gasteiger partial charge in [0.05, 0.1) is 0 Å². The molecule has 0 aliphatic heterocycles. The second-order valence-electron chi connectivity index (χ2n) is 4.75. The molecule has 13 heavy (non-hydrogen) atoms. The molecule has 0 aromatic heterocycles. The molecule has 0 radical (unpaired) electrons. The van der Waals surface area contributed by atoms with Crippen LogP contribution < -0.4 is 5.32 Å². The van der Waals surface area contributed by atoms with Crippen molar-refractivity contribution in [2.24, 2.45) is 5.41 Å². The summed E-state index contributed by atoms with van der Waals surface area (Å²) in [6, 6.07) is 0.409. The molecule has 1 N–H and O–H groups in total. The first-order valence-corrected chi connectivity index (χ1v) is 5.35. The third kappa shape index (κ3) is 2.71. The van der Waals surface area contributed by atoms with E-state index in [0.29, 0.717) is 17.9 Å². The van der Waals surface area contributed by atoms with Crippen LogP contribution in [0.4, 0.5) is 0 Å². The Morgan fingerprint density at radius 2 is 2.23 bits per heavy atom. The highest BCUT2D eigenvalue weighted by Crippen LogP contribution is 2.37. The van der Waals surface area contributed by atoms with Crippen LogP contribution in [-0.4, -0.2) is 11.9 Å². The highest BCUT2D eigenvalue weighted by atomic mass is 16.1. The minimum absolute atomic E-state index is 0.225. The molecule has 0 spiro atoms. The Kier molecular flexibility index (Phi) is 3.34. The molecule has 1 atom stereocenters. The van der Waals surface area contributed by atoms with Gasteiger partial charge in [-0.25, -0.2) is 0 Å². The fourth-order valence-electron chi connectivity index (χ4n) is 2.09. The smallest absolute Gasteiger partial charge is 0.220 e. The van der Waals surface area contributed by atoms with Crippen LogP contribution in [0.1, 0.15) is 52.9 Å². The number of carbonyl (C=O) groups excluding carboxylic acids is 1. The SMILES string of the molecule is CCCC(=O)NC1CCCC1(C)C. The van der Waals surface area contributed by atoms with Crippen LogP contribution in [0.3, 0.4) is 0 Å². The number of amides is 1. The van der Waals surface area contributed by atoms with Crippen LogP contribution in [0.5, 0.6) is 0 Å². The van der Waals surface area contributed by atoms with E-state index in [-0.39, 0.29) is 5.91 Å².